The van der Waals surface area contributed by atoms with Crippen LogP contribution in [0.1, 0.15) is 18.4 Å². The van der Waals surface area contributed by atoms with Crippen molar-refractivity contribution in [1.29, 1.82) is 0 Å². The number of carbonyl (C=O) groups excluding carboxylic acids is 1. The third-order valence-electron chi connectivity index (χ3n) is 3.55. The van der Waals surface area contributed by atoms with E-state index in [4.69, 9.17) is 0 Å². The molecule has 2 rings (SSSR count). The number of hydrogen-bond acceptors (Lipinski definition) is 2. The average molecular weight is 259 g/mol. The van der Waals surface area contributed by atoms with Crippen molar-refractivity contribution in [3.8, 4) is 0 Å². The minimum absolute atomic E-state index is 0.0275. The number of aromatic nitrogens is 1. The third kappa shape index (κ3) is 4.09. The Morgan fingerprint density at radius 1 is 1.53 bits per heavy atom. The quantitative estimate of drug-likeness (QED) is 0.843. The highest BCUT2D eigenvalue weighted by molar-refractivity contribution is 5.74. The molecule has 4 nitrogen and oxygen atoms in total. The van der Waals surface area contributed by atoms with Crippen molar-refractivity contribution in [2.75, 3.05) is 19.6 Å². The maximum absolute atomic E-state index is 11.8. The van der Waals surface area contributed by atoms with Gasteiger partial charge in [0.2, 0.25) is 0 Å². The summed E-state index contributed by atoms with van der Waals surface area (Å²) < 4.78 is 0. The first kappa shape index (κ1) is 13.6. The summed E-state index contributed by atoms with van der Waals surface area (Å²) in [5, 5.41) is 2.83. The Labute approximate surface area is 114 Å². The number of amides is 2. The Bertz CT molecular complexity index is 411. The molecule has 0 bridgehead atoms. The summed E-state index contributed by atoms with van der Waals surface area (Å²) in [6, 6.07) is 4.13. The summed E-state index contributed by atoms with van der Waals surface area (Å²) in [4.78, 5) is 17.8. The van der Waals surface area contributed by atoms with E-state index >= 15 is 0 Å². The molecule has 0 spiro atoms. The normalized spacial score (nSPS) is 16.1. The highest BCUT2D eigenvalue weighted by Gasteiger charge is 2.22. The summed E-state index contributed by atoms with van der Waals surface area (Å²) in [7, 11) is 0. The molecular formula is C15H21N3O. The summed E-state index contributed by atoms with van der Waals surface area (Å²) in [6.45, 7) is 5.82. The minimum atomic E-state index is 0.0275. The molecule has 0 atom stereocenters. The van der Waals surface area contributed by atoms with Crippen LogP contribution >= 0.6 is 0 Å². The number of likely N-dealkylation sites (tertiary alicyclic amines) is 1. The van der Waals surface area contributed by atoms with Gasteiger partial charge in [-0.25, -0.2) is 4.79 Å². The first-order chi connectivity index (χ1) is 9.29. The van der Waals surface area contributed by atoms with Crippen LogP contribution in [0, 0.1) is 5.92 Å². The number of urea groups is 1. The Morgan fingerprint density at radius 2 is 2.32 bits per heavy atom. The molecule has 0 saturated carbocycles. The van der Waals surface area contributed by atoms with Crippen LogP contribution in [0.3, 0.4) is 0 Å². The molecule has 1 aromatic rings. The van der Waals surface area contributed by atoms with E-state index in [0.29, 0.717) is 12.5 Å². The van der Waals surface area contributed by atoms with E-state index in [1.165, 1.54) is 5.56 Å². The van der Waals surface area contributed by atoms with Gasteiger partial charge in [0.1, 0.15) is 0 Å². The maximum atomic E-state index is 11.8. The van der Waals surface area contributed by atoms with Gasteiger partial charge in [0.25, 0.3) is 0 Å². The van der Waals surface area contributed by atoms with Gasteiger partial charge in [-0.3, -0.25) is 4.98 Å². The average Bonchev–Trinajstić information content (AvgIpc) is 2.46. The fraction of sp³-hybridized carbons (Fsp3) is 0.467. The zero-order valence-corrected chi connectivity index (χ0v) is 11.2. The van der Waals surface area contributed by atoms with Gasteiger partial charge in [0.05, 0.1) is 0 Å². The number of nitrogens with zero attached hydrogens (tertiary/aromatic N) is 2. The van der Waals surface area contributed by atoms with Crippen molar-refractivity contribution in [1.82, 2.24) is 15.2 Å². The van der Waals surface area contributed by atoms with Crippen molar-refractivity contribution in [3.05, 3.63) is 42.7 Å². The van der Waals surface area contributed by atoms with Crippen molar-refractivity contribution in [3.63, 3.8) is 0 Å². The number of rotatable bonds is 4. The molecule has 1 fully saturated rings. The monoisotopic (exact) mass is 259 g/mol. The Kier molecular flexibility index (Phi) is 4.95. The maximum Gasteiger partial charge on any atom is 0.317 e. The molecule has 1 aromatic heterocycles. The van der Waals surface area contributed by atoms with Crippen molar-refractivity contribution in [2.24, 2.45) is 5.92 Å². The van der Waals surface area contributed by atoms with Crippen molar-refractivity contribution >= 4 is 6.03 Å². The first-order valence-corrected chi connectivity index (χ1v) is 6.82. The molecular weight excluding hydrogens is 238 g/mol. The van der Waals surface area contributed by atoms with E-state index < -0.39 is 0 Å². The molecule has 102 valence electrons. The molecule has 0 radical (unpaired) electrons. The van der Waals surface area contributed by atoms with Crippen LogP contribution in [0.15, 0.2) is 37.2 Å². The highest BCUT2D eigenvalue weighted by Crippen LogP contribution is 2.21. The molecule has 4 heteroatoms. The Balaban J connectivity index is 1.76. The summed E-state index contributed by atoms with van der Waals surface area (Å²) in [5.74, 6) is 0.660. The van der Waals surface area contributed by atoms with E-state index in [2.05, 4.69) is 22.9 Å². The summed E-state index contributed by atoms with van der Waals surface area (Å²) in [6.07, 6.45) is 8.63. The highest BCUT2D eigenvalue weighted by atomic mass is 16.2. The van der Waals surface area contributed by atoms with Gasteiger partial charge in [0, 0.05) is 32.0 Å². The van der Waals surface area contributed by atoms with Crippen LogP contribution < -0.4 is 5.32 Å². The van der Waals surface area contributed by atoms with E-state index in [-0.39, 0.29) is 6.03 Å². The van der Waals surface area contributed by atoms with Crippen molar-refractivity contribution < 1.29 is 4.79 Å². The van der Waals surface area contributed by atoms with Crippen LogP contribution in [0.5, 0.6) is 0 Å². The predicted molar refractivity (Wildman–Crippen MR) is 75.8 cm³/mol. The van der Waals surface area contributed by atoms with E-state index in [1.54, 1.807) is 12.3 Å². The molecule has 1 aliphatic rings. The SMILES string of the molecule is C=CCNC(=O)N1CCC(Cc2cccnc2)CC1. The molecule has 19 heavy (non-hydrogen) atoms. The molecule has 0 aliphatic carbocycles. The second-order valence-electron chi connectivity index (χ2n) is 4.97. The van der Waals surface area contributed by atoms with Crippen molar-refractivity contribution in [2.45, 2.75) is 19.3 Å². The number of carbonyl (C=O) groups is 1. The van der Waals surface area contributed by atoms with Crippen LogP contribution in [0.4, 0.5) is 4.79 Å². The zero-order valence-electron chi connectivity index (χ0n) is 11.2. The second-order valence-corrected chi connectivity index (χ2v) is 4.97. The van der Waals surface area contributed by atoms with E-state index in [1.807, 2.05) is 17.2 Å². The van der Waals surface area contributed by atoms with Gasteiger partial charge in [-0.1, -0.05) is 12.1 Å². The summed E-state index contributed by atoms with van der Waals surface area (Å²) in [5.41, 5.74) is 1.29. The topological polar surface area (TPSA) is 45.2 Å². The van der Waals surface area contributed by atoms with Gasteiger partial charge < -0.3 is 10.2 Å². The number of pyridine rings is 1. The van der Waals surface area contributed by atoms with Gasteiger partial charge in [-0.2, -0.15) is 0 Å². The first-order valence-electron chi connectivity index (χ1n) is 6.82. The molecule has 1 N–H and O–H groups in total. The fourth-order valence-corrected chi connectivity index (χ4v) is 2.46. The van der Waals surface area contributed by atoms with Crippen LogP contribution in [-0.4, -0.2) is 35.5 Å². The summed E-state index contributed by atoms with van der Waals surface area (Å²) >= 11 is 0. The minimum Gasteiger partial charge on any atom is -0.335 e. The lowest BCUT2D eigenvalue weighted by Crippen LogP contribution is -2.44. The Morgan fingerprint density at radius 3 is 2.95 bits per heavy atom. The van der Waals surface area contributed by atoms with E-state index in [9.17, 15) is 4.79 Å². The molecule has 1 saturated heterocycles. The number of hydrogen-bond donors (Lipinski definition) is 1. The molecule has 2 amide bonds. The fourth-order valence-electron chi connectivity index (χ4n) is 2.46. The van der Waals surface area contributed by atoms with Gasteiger partial charge in [-0.15, -0.1) is 6.58 Å². The second kappa shape index (κ2) is 6.92. The van der Waals surface area contributed by atoms with E-state index in [0.717, 1.165) is 32.4 Å². The van der Waals surface area contributed by atoms with Gasteiger partial charge in [-0.05, 0) is 36.8 Å². The molecule has 0 aromatic carbocycles. The largest absolute Gasteiger partial charge is 0.335 e. The number of nitrogens with one attached hydrogen (secondary N) is 1. The lowest BCUT2D eigenvalue weighted by Gasteiger charge is -2.32. The Hall–Kier alpha value is -1.84. The smallest absolute Gasteiger partial charge is 0.317 e. The molecule has 1 aliphatic heterocycles. The van der Waals surface area contributed by atoms with Crippen LogP contribution in [0.2, 0.25) is 0 Å². The number of piperidine rings is 1. The lowest BCUT2D eigenvalue weighted by atomic mass is 9.91. The predicted octanol–water partition coefficient (Wildman–Crippen LogP) is 2.23. The lowest BCUT2D eigenvalue weighted by molar-refractivity contribution is 0.171. The zero-order chi connectivity index (χ0) is 13.5. The molecule has 2 heterocycles. The van der Waals surface area contributed by atoms with Gasteiger partial charge in [0.15, 0.2) is 0 Å². The standard InChI is InChI=1S/C15H21N3O/c1-2-7-17-15(19)18-9-5-13(6-10-18)11-14-4-3-8-16-12-14/h2-4,8,12-13H,1,5-7,9-11H2,(H,17,19). The van der Waals surface area contributed by atoms with Crippen LogP contribution in [-0.2, 0) is 6.42 Å². The third-order valence-corrected chi connectivity index (χ3v) is 3.55. The van der Waals surface area contributed by atoms with Crippen LogP contribution in [0.25, 0.3) is 0 Å². The van der Waals surface area contributed by atoms with Gasteiger partial charge >= 0.3 is 6.03 Å². The molecule has 0 unspecified atom stereocenters.